The van der Waals surface area contributed by atoms with Crippen molar-refractivity contribution in [1.29, 1.82) is 0 Å². The Balaban J connectivity index is 2.26. The quantitative estimate of drug-likeness (QED) is 0.859. The summed E-state index contributed by atoms with van der Waals surface area (Å²) in [5.41, 5.74) is 7.76. The number of halogens is 1. The zero-order valence-electron chi connectivity index (χ0n) is 12.0. The van der Waals surface area contributed by atoms with Crippen LogP contribution < -0.4 is 10.5 Å². The predicted octanol–water partition coefficient (Wildman–Crippen LogP) is 2.83. The van der Waals surface area contributed by atoms with Gasteiger partial charge in [-0.15, -0.1) is 0 Å². The lowest BCUT2D eigenvalue weighted by Crippen LogP contribution is -2.29. The van der Waals surface area contributed by atoms with E-state index in [1.807, 2.05) is 31.2 Å². The molecule has 0 saturated heterocycles. The van der Waals surface area contributed by atoms with Gasteiger partial charge in [0.1, 0.15) is 17.7 Å². The summed E-state index contributed by atoms with van der Waals surface area (Å²) in [4.78, 5) is 0. The summed E-state index contributed by atoms with van der Waals surface area (Å²) in [6, 6.07) is 13.4. The molecule has 2 unspecified atom stereocenters. The van der Waals surface area contributed by atoms with E-state index in [2.05, 4.69) is 0 Å². The number of aliphatic hydroxyl groups is 1. The molecule has 2 rings (SSSR count). The molecule has 3 N–H and O–H groups in total. The highest BCUT2D eigenvalue weighted by molar-refractivity contribution is 5.34. The lowest BCUT2D eigenvalue weighted by molar-refractivity contribution is 0.177. The van der Waals surface area contributed by atoms with Gasteiger partial charge in [0, 0.05) is 12.6 Å². The zero-order chi connectivity index (χ0) is 15.2. The Hall–Kier alpha value is -1.91. The molecule has 0 aliphatic carbocycles. The van der Waals surface area contributed by atoms with Crippen molar-refractivity contribution in [2.45, 2.75) is 25.5 Å². The number of para-hydroxylation sites is 1. The highest BCUT2D eigenvalue weighted by Crippen LogP contribution is 2.27. The Morgan fingerprint density at radius 3 is 2.43 bits per heavy atom. The average molecular weight is 289 g/mol. The maximum absolute atomic E-state index is 13.0. The lowest BCUT2D eigenvalue weighted by Gasteiger charge is -2.24. The minimum Gasteiger partial charge on any atom is -0.484 e. The average Bonchev–Trinajstić information content (AvgIpc) is 2.47. The second kappa shape index (κ2) is 7.20. The molecule has 3 nitrogen and oxygen atoms in total. The maximum atomic E-state index is 13.0. The molecule has 0 aliphatic heterocycles. The Morgan fingerprint density at radius 1 is 1.14 bits per heavy atom. The van der Waals surface area contributed by atoms with E-state index in [0.717, 1.165) is 11.1 Å². The van der Waals surface area contributed by atoms with Crippen LogP contribution >= 0.6 is 0 Å². The number of hydrogen-bond acceptors (Lipinski definition) is 3. The summed E-state index contributed by atoms with van der Waals surface area (Å²) in [6.45, 7) is 1.91. The first-order chi connectivity index (χ1) is 10.1. The van der Waals surface area contributed by atoms with Crippen molar-refractivity contribution in [3.63, 3.8) is 0 Å². The largest absolute Gasteiger partial charge is 0.484 e. The molecule has 0 amide bonds. The third-order valence-corrected chi connectivity index (χ3v) is 3.28. The first kappa shape index (κ1) is 15.5. The molecular weight excluding hydrogens is 269 g/mol. The summed E-state index contributed by atoms with van der Waals surface area (Å²) < 4.78 is 19.1. The predicted molar refractivity (Wildman–Crippen MR) is 80.7 cm³/mol. The van der Waals surface area contributed by atoms with Crippen LogP contribution in [0.2, 0.25) is 0 Å². The summed E-state index contributed by atoms with van der Waals surface area (Å²) in [5, 5.41) is 9.11. The van der Waals surface area contributed by atoms with Crippen LogP contribution in [0.3, 0.4) is 0 Å². The number of hydrogen-bond donors (Lipinski definition) is 2. The highest BCUT2D eigenvalue weighted by Gasteiger charge is 2.19. The summed E-state index contributed by atoms with van der Waals surface area (Å²) in [5.74, 6) is 0.404. The topological polar surface area (TPSA) is 55.5 Å². The number of rotatable bonds is 6. The van der Waals surface area contributed by atoms with Gasteiger partial charge in [-0.1, -0.05) is 30.3 Å². The fourth-order valence-corrected chi connectivity index (χ4v) is 2.21. The van der Waals surface area contributed by atoms with Gasteiger partial charge in [-0.2, -0.15) is 0 Å². The number of aliphatic hydroxyl groups excluding tert-OH is 1. The molecule has 0 aliphatic rings. The molecule has 21 heavy (non-hydrogen) atoms. The fraction of sp³-hybridized carbons (Fsp3) is 0.294. The van der Waals surface area contributed by atoms with Crippen molar-refractivity contribution in [2.75, 3.05) is 6.61 Å². The molecule has 0 saturated carbocycles. The van der Waals surface area contributed by atoms with Crippen molar-refractivity contribution in [3.8, 4) is 5.75 Å². The number of ether oxygens (including phenoxy) is 1. The van der Waals surface area contributed by atoms with E-state index in [1.54, 1.807) is 12.1 Å². The third kappa shape index (κ3) is 4.03. The van der Waals surface area contributed by atoms with Crippen LogP contribution in [-0.4, -0.2) is 17.8 Å². The Kier molecular flexibility index (Phi) is 5.31. The smallest absolute Gasteiger partial charge is 0.138 e. The first-order valence-corrected chi connectivity index (χ1v) is 6.98. The summed E-state index contributed by atoms with van der Waals surface area (Å²) in [6.07, 6.45) is 0.149. The second-order valence-corrected chi connectivity index (χ2v) is 5.03. The maximum Gasteiger partial charge on any atom is 0.138 e. The molecule has 2 aromatic carbocycles. The Bertz CT molecular complexity index is 569. The van der Waals surface area contributed by atoms with E-state index in [4.69, 9.17) is 15.6 Å². The molecule has 0 spiro atoms. The number of nitrogens with two attached hydrogens (primary N) is 1. The van der Waals surface area contributed by atoms with Crippen molar-refractivity contribution in [1.82, 2.24) is 0 Å². The van der Waals surface area contributed by atoms with E-state index < -0.39 is 0 Å². The van der Waals surface area contributed by atoms with Crippen LogP contribution in [0.1, 0.15) is 24.2 Å². The fourth-order valence-electron chi connectivity index (χ4n) is 2.21. The molecule has 0 bridgehead atoms. The van der Waals surface area contributed by atoms with E-state index >= 15 is 0 Å². The Labute approximate surface area is 124 Å². The second-order valence-electron chi connectivity index (χ2n) is 5.03. The van der Waals surface area contributed by atoms with Gasteiger partial charge in [-0.05, 0) is 42.7 Å². The minimum atomic E-state index is -0.370. The van der Waals surface area contributed by atoms with E-state index in [9.17, 15) is 4.39 Å². The van der Waals surface area contributed by atoms with Gasteiger partial charge in [0.2, 0.25) is 0 Å². The molecule has 0 heterocycles. The Morgan fingerprint density at radius 2 is 1.81 bits per heavy atom. The van der Waals surface area contributed by atoms with Gasteiger partial charge in [-0.25, -0.2) is 4.39 Å². The van der Waals surface area contributed by atoms with Gasteiger partial charge >= 0.3 is 0 Å². The van der Waals surface area contributed by atoms with Gasteiger partial charge in [-0.3, -0.25) is 0 Å². The van der Waals surface area contributed by atoms with Crippen molar-refractivity contribution < 1.29 is 14.2 Å². The van der Waals surface area contributed by atoms with Crippen molar-refractivity contribution >= 4 is 0 Å². The van der Waals surface area contributed by atoms with Gasteiger partial charge < -0.3 is 15.6 Å². The van der Waals surface area contributed by atoms with E-state index in [1.165, 1.54) is 12.1 Å². The number of benzene rings is 2. The normalized spacial score (nSPS) is 13.7. The zero-order valence-corrected chi connectivity index (χ0v) is 12.0. The van der Waals surface area contributed by atoms with E-state index in [-0.39, 0.29) is 24.6 Å². The van der Waals surface area contributed by atoms with Gasteiger partial charge in [0.15, 0.2) is 0 Å². The minimum absolute atomic E-state index is 0.0553. The van der Waals surface area contributed by atoms with Crippen LogP contribution in [0.4, 0.5) is 4.39 Å². The van der Waals surface area contributed by atoms with Crippen molar-refractivity contribution in [2.24, 2.45) is 5.73 Å². The lowest BCUT2D eigenvalue weighted by atomic mass is 10.0. The van der Waals surface area contributed by atoms with Crippen LogP contribution in [0, 0.1) is 5.82 Å². The van der Waals surface area contributed by atoms with Crippen LogP contribution in [-0.2, 0) is 6.42 Å². The first-order valence-electron chi connectivity index (χ1n) is 6.98. The molecule has 0 aromatic heterocycles. The van der Waals surface area contributed by atoms with Crippen LogP contribution in [0.15, 0.2) is 48.5 Å². The van der Waals surface area contributed by atoms with Gasteiger partial charge in [0.25, 0.3) is 0 Å². The monoisotopic (exact) mass is 289 g/mol. The summed E-state index contributed by atoms with van der Waals surface area (Å²) in [7, 11) is 0. The summed E-state index contributed by atoms with van der Waals surface area (Å²) >= 11 is 0. The molecule has 2 aromatic rings. The molecule has 0 radical (unpaired) electrons. The molecule has 2 atom stereocenters. The standard InChI is InChI=1S/C17H20FNO2/c1-12(19)17(14-6-8-15(18)9-7-14)21-16-5-3-2-4-13(16)10-11-20/h2-9,12,17,20H,10-11,19H2,1H3. The highest BCUT2D eigenvalue weighted by atomic mass is 19.1. The van der Waals surface area contributed by atoms with E-state index in [0.29, 0.717) is 12.2 Å². The van der Waals surface area contributed by atoms with Gasteiger partial charge in [0.05, 0.1) is 0 Å². The van der Waals surface area contributed by atoms with Crippen LogP contribution in [0.25, 0.3) is 0 Å². The molecule has 112 valence electrons. The molecular formula is C17H20FNO2. The molecule has 4 heteroatoms. The van der Waals surface area contributed by atoms with Crippen LogP contribution in [0.5, 0.6) is 5.75 Å². The molecule has 0 fully saturated rings. The van der Waals surface area contributed by atoms with Crippen molar-refractivity contribution in [3.05, 3.63) is 65.5 Å². The third-order valence-electron chi connectivity index (χ3n) is 3.28. The SMILES string of the molecule is CC(N)C(Oc1ccccc1CCO)c1ccc(F)cc1.